The van der Waals surface area contributed by atoms with Gasteiger partial charge < -0.3 is 10.2 Å². The number of nitrogens with one attached hydrogen (secondary N) is 1. The Morgan fingerprint density at radius 3 is 2.38 bits per heavy atom. The third-order valence-electron chi connectivity index (χ3n) is 3.82. The van der Waals surface area contributed by atoms with Gasteiger partial charge in [0, 0.05) is 23.7 Å². The highest BCUT2D eigenvalue weighted by Crippen LogP contribution is 2.33. The Labute approximate surface area is 153 Å². The third-order valence-corrected chi connectivity index (χ3v) is 4.64. The first-order chi connectivity index (χ1) is 11.4. The molecule has 128 valence electrons. The summed E-state index contributed by atoms with van der Waals surface area (Å²) >= 11 is 12.3. The van der Waals surface area contributed by atoms with Crippen LogP contribution in [0.3, 0.4) is 0 Å². The molecule has 0 radical (unpaired) electrons. The molecule has 0 bridgehead atoms. The maximum Gasteiger partial charge on any atom is 0.251 e. The van der Waals surface area contributed by atoms with Crippen LogP contribution in [-0.4, -0.2) is 37.5 Å². The van der Waals surface area contributed by atoms with Crippen molar-refractivity contribution < 1.29 is 4.79 Å². The molecule has 2 aromatic rings. The Bertz CT molecular complexity index is 699. The monoisotopic (exact) mass is 364 g/mol. The minimum Gasteiger partial charge on any atom is -0.348 e. The first-order valence-electron chi connectivity index (χ1n) is 7.92. The molecule has 0 spiro atoms. The first kappa shape index (κ1) is 18.8. The van der Waals surface area contributed by atoms with Gasteiger partial charge >= 0.3 is 0 Å². The summed E-state index contributed by atoms with van der Waals surface area (Å²) in [4.78, 5) is 14.5. The fourth-order valence-electron chi connectivity index (χ4n) is 2.51. The quantitative estimate of drug-likeness (QED) is 0.803. The van der Waals surface area contributed by atoms with Crippen molar-refractivity contribution in [2.75, 3.05) is 20.6 Å². The van der Waals surface area contributed by atoms with Gasteiger partial charge in [0.2, 0.25) is 0 Å². The highest BCUT2D eigenvalue weighted by molar-refractivity contribution is 6.43. The van der Waals surface area contributed by atoms with E-state index < -0.39 is 0 Å². The van der Waals surface area contributed by atoms with E-state index in [0.717, 1.165) is 24.1 Å². The van der Waals surface area contributed by atoms with Crippen LogP contribution in [0, 0.1) is 0 Å². The number of hydrogen-bond donors (Lipinski definition) is 1. The molecule has 2 rings (SSSR count). The van der Waals surface area contributed by atoms with Crippen LogP contribution in [0.2, 0.25) is 10.0 Å². The Morgan fingerprint density at radius 1 is 1.12 bits per heavy atom. The molecule has 5 heteroatoms. The molecular weight excluding hydrogens is 343 g/mol. The van der Waals surface area contributed by atoms with E-state index in [1.54, 1.807) is 6.07 Å². The highest BCUT2D eigenvalue weighted by Gasteiger charge is 2.13. The maximum atomic E-state index is 12.4. The first-order valence-corrected chi connectivity index (χ1v) is 8.68. The Morgan fingerprint density at radius 2 is 1.79 bits per heavy atom. The standard InChI is InChI=1S/C19H22Cl2N2O/c1-4-15(12-23(2)3)22-19(24)14-10-8-13(9-11-14)16-6-5-7-17(20)18(16)21/h5-11,15H,4,12H2,1-3H3,(H,22,24)/t15-/m1/s1. The van der Waals surface area contributed by atoms with Crippen LogP contribution in [-0.2, 0) is 0 Å². The topological polar surface area (TPSA) is 32.3 Å². The largest absolute Gasteiger partial charge is 0.348 e. The van der Waals surface area contributed by atoms with Gasteiger partial charge in [-0.1, -0.05) is 54.4 Å². The zero-order valence-corrected chi connectivity index (χ0v) is 15.7. The molecule has 0 fully saturated rings. The SMILES string of the molecule is CC[C@H](CN(C)C)NC(=O)c1ccc(-c2cccc(Cl)c2Cl)cc1. The van der Waals surface area contributed by atoms with E-state index in [1.807, 2.05) is 50.5 Å². The van der Waals surface area contributed by atoms with Crippen molar-refractivity contribution in [1.82, 2.24) is 10.2 Å². The predicted molar refractivity (Wildman–Crippen MR) is 102 cm³/mol. The molecule has 0 saturated carbocycles. The molecule has 0 aliphatic rings. The highest BCUT2D eigenvalue weighted by atomic mass is 35.5. The van der Waals surface area contributed by atoms with E-state index in [4.69, 9.17) is 23.2 Å². The fourth-order valence-corrected chi connectivity index (χ4v) is 2.92. The number of carbonyl (C=O) groups excluding carboxylic acids is 1. The van der Waals surface area contributed by atoms with Crippen LogP contribution < -0.4 is 5.32 Å². The lowest BCUT2D eigenvalue weighted by Crippen LogP contribution is -2.41. The summed E-state index contributed by atoms with van der Waals surface area (Å²) in [5, 5.41) is 4.11. The summed E-state index contributed by atoms with van der Waals surface area (Å²) in [6.45, 7) is 2.89. The molecule has 2 aromatic carbocycles. The van der Waals surface area contributed by atoms with Crippen molar-refractivity contribution in [3.05, 3.63) is 58.1 Å². The van der Waals surface area contributed by atoms with Crippen molar-refractivity contribution in [1.29, 1.82) is 0 Å². The predicted octanol–water partition coefficient (Wildman–Crippen LogP) is 4.73. The second-order valence-electron chi connectivity index (χ2n) is 6.02. The molecule has 3 nitrogen and oxygen atoms in total. The molecule has 1 amide bonds. The van der Waals surface area contributed by atoms with E-state index in [0.29, 0.717) is 15.6 Å². The van der Waals surface area contributed by atoms with Gasteiger partial charge in [-0.2, -0.15) is 0 Å². The number of carbonyl (C=O) groups is 1. The third kappa shape index (κ3) is 4.73. The number of amides is 1. The van der Waals surface area contributed by atoms with Gasteiger partial charge in [0.1, 0.15) is 0 Å². The van der Waals surface area contributed by atoms with Gasteiger partial charge in [-0.25, -0.2) is 0 Å². The van der Waals surface area contributed by atoms with Crippen molar-refractivity contribution in [3.8, 4) is 11.1 Å². The second kappa shape index (κ2) is 8.52. The van der Waals surface area contributed by atoms with E-state index in [-0.39, 0.29) is 11.9 Å². The van der Waals surface area contributed by atoms with Crippen molar-refractivity contribution in [3.63, 3.8) is 0 Å². The van der Waals surface area contributed by atoms with E-state index in [1.165, 1.54) is 0 Å². The summed E-state index contributed by atoms with van der Waals surface area (Å²) in [7, 11) is 4.00. The van der Waals surface area contributed by atoms with Gasteiger partial charge in [0.05, 0.1) is 10.0 Å². The molecule has 1 atom stereocenters. The zero-order chi connectivity index (χ0) is 17.7. The smallest absolute Gasteiger partial charge is 0.251 e. The van der Waals surface area contributed by atoms with E-state index in [9.17, 15) is 4.79 Å². The summed E-state index contributed by atoms with van der Waals surface area (Å²) in [5.74, 6) is -0.0626. The van der Waals surface area contributed by atoms with Crippen LogP contribution in [0.4, 0.5) is 0 Å². The zero-order valence-electron chi connectivity index (χ0n) is 14.1. The average Bonchev–Trinajstić information content (AvgIpc) is 2.56. The van der Waals surface area contributed by atoms with Crippen LogP contribution in [0.1, 0.15) is 23.7 Å². The molecule has 1 N–H and O–H groups in total. The van der Waals surface area contributed by atoms with Crippen LogP contribution in [0.15, 0.2) is 42.5 Å². The summed E-state index contributed by atoms with van der Waals surface area (Å²) < 4.78 is 0. The summed E-state index contributed by atoms with van der Waals surface area (Å²) in [6.07, 6.45) is 0.889. The van der Waals surface area contributed by atoms with Gasteiger partial charge in [-0.05, 0) is 44.3 Å². The van der Waals surface area contributed by atoms with Crippen molar-refractivity contribution in [2.24, 2.45) is 0 Å². The summed E-state index contributed by atoms with van der Waals surface area (Å²) in [5.41, 5.74) is 2.42. The lowest BCUT2D eigenvalue weighted by Gasteiger charge is -2.21. The minimum atomic E-state index is -0.0626. The molecule has 0 saturated heterocycles. The lowest BCUT2D eigenvalue weighted by atomic mass is 10.0. The van der Waals surface area contributed by atoms with Crippen molar-refractivity contribution in [2.45, 2.75) is 19.4 Å². The number of nitrogens with zero attached hydrogens (tertiary/aromatic N) is 1. The number of hydrogen-bond acceptors (Lipinski definition) is 2. The molecule has 0 heterocycles. The summed E-state index contributed by atoms with van der Waals surface area (Å²) in [6, 6.07) is 13.1. The second-order valence-corrected chi connectivity index (χ2v) is 6.80. The fraction of sp³-hybridized carbons (Fsp3) is 0.316. The molecular formula is C19H22Cl2N2O. The lowest BCUT2D eigenvalue weighted by molar-refractivity contribution is 0.0929. The Balaban J connectivity index is 2.14. The van der Waals surface area contributed by atoms with E-state index in [2.05, 4.69) is 17.1 Å². The van der Waals surface area contributed by atoms with Crippen LogP contribution in [0.25, 0.3) is 11.1 Å². The Hall–Kier alpha value is -1.55. The van der Waals surface area contributed by atoms with Gasteiger partial charge in [-0.3, -0.25) is 4.79 Å². The van der Waals surface area contributed by atoms with Crippen molar-refractivity contribution >= 4 is 29.1 Å². The minimum absolute atomic E-state index is 0.0626. The number of rotatable bonds is 6. The normalized spacial score (nSPS) is 12.2. The number of likely N-dealkylation sites (N-methyl/N-ethyl adjacent to an activating group) is 1. The van der Waals surface area contributed by atoms with Crippen LogP contribution in [0.5, 0.6) is 0 Å². The van der Waals surface area contributed by atoms with E-state index >= 15 is 0 Å². The van der Waals surface area contributed by atoms with Gasteiger partial charge in [0.15, 0.2) is 0 Å². The number of halogens is 2. The molecule has 0 aromatic heterocycles. The number of benzene rings is 2. The maximum absolute atomic E-state index is 12.4. The van der Waals surface area contributed by atoms with Gasteiger partial charge in [-0.15, -0.1) is 0 Å². The molecule has 24 heavy (non-hydrogen) atoms. The van der Waals surface area contributed by atoms with Gasteiger partial charge in [0.25, 0.3) is 5.91 Å². The Kier molecular flexibility index (Phi) is 6.67. The average molecular weight is 365 g/mol. The molecule has 0 aliphatic carbocycles. The van der Waals surface area contributed by atoms with Crippen LogP contribution >= 0.6 is 23.2 Å². The molecule has 0 aliphatic heterocycles. The molecule has 0 unspecified atom stereocenters.